The summed E-state index contributed by atoms with van der Waals surface area (Å²) in [7, 11) is 0. The summed E-state index contributed by atoms with van der Waals surface area (Å²) in [5.41, 5.74) is 3.50. The Morgan fingerprint density at radius 1 is 1.44 bits per heavy atom. The van der Waals surface area contributed by atoms with Gasteiger partial charge < -0.3 is 5.32 Å². The van der Waals surface area contributed by atoms with E-state index in [9.17, 15) is 0 Å². The van der Waals surface area contributed by atoms with Crippen LogP contribution in [0.3, 0.4) is 0 Å². The molecule has 16 heavy (non-hydrogen) atoms. The second-order valence-corrected chi connectivity index (χ2v) is 4.46. The number of rotatable bonds is 1. The molecule has 1 aliphatic heterocycles. The fourth-order valence-corrected chi connectivity index (χ4v) is 2.61. The van der Waals surface area contributed by atoms with Crippen molar-refractivity contribution in [3.05, 3.63) is 29.5 Å². The van der Waals surface area contributed by atoms with Crippen molar-refractivity contribution in [2.75, 3.05) is 13.1 Å². The molecule has 84 valence electrons. The molecule has 1 unspecified atom stereocenters. The van der Waals surface area contributed by atoms with E-state index in [1.54, 1.807) is 0 Å². The molecule has 2 aromatic heterocycles. The first-order chi connectivity index (χ1) is 7.77. The monoisotopic (exact) mass is 216 g/mol. The molecule has 0 radical (unpaired) electrons. The van der Waals surface area contributed by atoms with Crippen molar-refractivity contribution in [3.63, 3.8) is 0 Å². The molecule has 1 saturated heterocycles. The molecule has 4 nitrogen and oxygen atoms in total. The van der Waals surface area contributed by atoms with E-state index < -0.39 is 0 Å². The Morgan fingerprint density at radius 2 is 2.31 bits per heavy atom. The largest absolute Gasteiger partial charge is 0.316 e. The lowest BCUT2D eigenvalue weighted by Crippen LogP contribution is -2.09. The highest BCUT2D eigenvalue weighted by Gasteiger charge is 2.22. The van der Waals surface area contributed by atoms with Gasteiger partial charge in [-0.3, -0.25) is 4.40 Å². The minimum Gasteiger partial charge on any atom is -0.316 e. The number of nitrogens with zero attached hydrogens (tertiary/aromatic N) is 3. The lowest BCUT2D eigenvalue weighted by atomic mass is 10.0. The quantitative estimate of drug-likeness (QED) is 0.784. The topological polar surface area (TPSA) is 42.2 Å². The van der Waals surface area contributed by atoms with Gasteiger partial charge in [0, 0.05) is 24.4 Å². The van der Waals surface area contributed by atoms with Crippen molar-refractivity contribution in [1.82, 2.24) is 19.7 Å². The van der Waals surface area contributed by atoms with Crippen LogP contribution in [0, 0.1) is 13.8 Å². The van der Waals surface area contributed by atoms with E-state index in [4.69, 9.17) is 4.98 Å². The standard InChI is InChI=1S/C12H16N4/c1-8-12(10-3-5-13-7-10)15-11-4-6-14-9(2)16(8)11/h4,6,10,13H,3,5,7H2,1-2H3. The van der Waals surface area contributed by atoms with Gasteiger partial charge in [-0.25, -0.2) is 9.97 Å². The van der Waals surface area contributed by atoms with E-state index >= 15 is 0 Å². The SMILES string of the molecule is Cc1nccc2nc(C3CCNC3)c(C)n12. The van der Waals surface area contributed by atoms with E-state index in [1.807, 2.05) is 19.2 Å². The molecule has 1 N–H and O–H groups in total. The zero-order valence-electron chi connectivity index (χ0n) is 9.70. The Morgan fingerprint density at radius 3 is 3.00 bits per heavy atom. The van der Waals surface area contributed by atoms with Crippen LogP contribution in [-0.4, -0.2) is 27.5 Å². The summed E-state index contributed by atoms with van der Waals surface area (Å²) in [6, 6.07) is 1.98. The number of nitrogens with one attached hydrogen (secondary N) is 1. The number of hydrogen-bond acceptors (Lipinski definition) is 3. The van der Waals surface area contributed by atoms with E-state index in [0.29, 0.717) is 5.92 Å². The number of hydrogen-bond donors (Lipinski definition) is 1. The van der Waals surface area contributed by atoms with Gasteiger partial charge in [0.05, 0.1) is 5.69 Å². The molecule has 4 heteroatoms. The predicted molar refractivity (Wildman–Crippen MR) is 62.7 cm³/mol. The molecule has 3 heterocycles. The first-order valence-corrected chi connectivity index (χ1v) is 5.78. The minimum absolute atomic E-state index is 0.569. The lowest BCUT2D eigenvalue weighted by Gasteiger charge is -2.06. The highest BCUT2D eigenvalue weighted by atomic mass is 15.1. The normalized spacial score (nSPS) is 20.8. The van der Waals surface area contributed by atoms with Gasteiger partial charge >= 0.3 is 0 Å². The smallest absolute Gasteiger partial charge is 0.140 e. The Kier molecular flexibility index (Phi) is 2.17. The van der Waals surface area contributed by atoms with Gasteiger partial charge in [0.25, 0.3) is 0 Å². The molecule has 0 bridgehead atoms. The maximum Gasteiger partial charge on any atom is 0.140 e. The summed E-state index contributed by atoms with van der Waals surface area (Å²) < 4.78 is 2.15. The summed E-state index contributed by atoms with van der Waals surface area (Å²) in [6.07, 6.45) is 3.02. The highest BCUT2D eigenvalue weighted by Crippen LogP contribution is 2.25. The second-order valence-electron chi connectivity index (χ2n) is 4.46. The summed E-state index contributed by atoms with van der Waals surface area (Å²) in [5, 5.41) is 3.39. The Balaban J connectivity index is 2.19. The van der Waals surface area contributed by atoms with Crippen LogP contribution < -0.4 is 5.32 Å². The van der Waals surface area contributed by atoms with Crippen molar-refractivity contribution < 1.29 is 0 Å². The molecule has 0 saturated carbocycles. The van der Waals surface area contributed by atoms with Crippen LogP contribution in [0.15, 0.2) is 12.3 Å². The zero-order valence-corrected chi connectivity index (χ0v) is 9.70. The first-order valence-electron chi connectivity index (χ1n) is 5.78. The molecular weight excluding hydrogens is 200 g/mol. The maximum atomic E-state index is 4.74. The average Bonchev–Trinajstić information content (AvgIpc) is 2.86. The van der Waals surface area contributed by atoms with Crippen LogP contribution in [0.25, 0.3) is 5.65 Å². The van der Waals surface area contributed by atoms with Gasteiger partial charge in [-0.1, -0.05) is 0 Å². The molecule has 0 spiro atoms. The number of imidazole rings is 1. The Labute approximate surface area is 94.7 Å². The fraction of sp³-hybridized carbons (Fsp3) is 0.500. The maximum absolute atomic E-state index is 4.74. The second kappa shape index (κ2) is 3.56. The fourth-order valence-electron chi connectivity index (χ4n) is 2.61. The molecule has 2 aromatic rings. The molecular formula is C12H16N4. The molecule has 0 amide bonds. The van der Waals surface area contributed by atoms with Crippen LogP contribution in [0.2, 0.25) is 0 Å². The number of fused-ring (bicyclic) bond motifs is 1. The van der Waals surface area contributed by atoms with E-state index in [1.165, 1.54) is 17.8 Å². The minimum atomic E-state index is 0.569. The summed E-state index contributed by atoms with van der Waals surface area (Å²) in [6.45, 7) is 6.33. The molecule has 1 fully saturated rings. The van der Waals surface area contributed by atoms with Gasteiger partial charge in [0.15, 0.2) is 0 Å². The van der Waals surface area contributed by atoms with Crippen LogP contribution in [0.4, 0.5) is 0 Å². The van der Waals surface area contributed by atoms with Crippen molar-refractivity contribution in [2.24, 2.45) is 0 Å². The van der Waals surface area contributed by atoms with Crippen molar-refractivity contribution in [2.45, 2.75) is 26.2 Å². The molecule has 0 aromatic carbocycles. The number of aryl methyl sites for hydroxylation is 2. The molecule has 3 rings (SSSR count). The third-order valence-electron chi connectivity index (χ3n) is 3.43. The predicted octanol–water partition coefficient (Wildman–Crippen LogP) is 1.42. The van der Waals surface area contributed by atoms with E-state index in [2.05, 4.69) is 21.6 Å². The Hall–Kier alpha value is -1.42. The van der Waals surface area contributed by atoms with Crippen LogP contribution in [0.5, 0.6) is 0 Å². The van der Waals surface area contributed by atoms with Gasteiger partial charge in [-0.2, -0.15) is 0 Å². The van der Waals surface area contributed by atoms with E-state index in [0.717, 1.165) is 24.6 Å². The number of aromatic nitrogens is 3. The summed E-state index contributed by atoms with van der Waals surface area (Å²) >= 11 is 0. The van der Waals surface area contributed by atoms with Crippen LogP contribution >= 0.6 is 0 Å². The highest BCUT2D eigenvalue weighted by molar-refractivity contribution is 5.44. The third kappa shape index (κ3) is 1.33. The molecule has 1 aliphatic rings. The average molecular weight is 216 g/mol. The van der Waals surface area contributed by atoms with E-state index in [-0.39, 0.29) is 0 Å². The van der Waals surface area contributed by atoms with Crippen molar-refractivity contribution >= 4 is 5.65 Å². The van der Waals surface area contributed by atoms with Crippen LogP contribution in [-0.2, 0) is 0 Å². The van der Waals surface area contributed by atoms with Gasteiger partial charge in [0.2, 0.25) is 0 Å². The van der Waals surface area contributed by atoms with Gasteiger partial charge in [-0.15, -0.1) is 0 Å². The summed E-state index contributed by atoms with van der Waals surface area (Å²) in [5.74, 6) is 1.58. The molecule has 1 atom stereocenters. The van der Waals surface area contributed by atoms with Crippen LogP contribution in [0.1, 0.15) is 29.6 Å². The first kappa shape index (κ1) is 9.78. The third-order valence-corrected chi connectivity index (χ3v) is 3.43. The molecule has 0 aliphatic carbocycles. The lowest BCUT2D eigenvalue weighted by molar-refractivity contribution is 0.733. The van der Waals surface area contributed by atoms with Gasteiger partial charge in [0.1, 0.15) is 11.5 Å². The van der Waals surface area contributed by atoms with Gasteiger partial charge in [-0.05, 0) is 32.9 Å². The zero-order chi connectivity index (χ0) is 11.1. The summed E-state index contributed by atoms with van der Waals surface area (Å²) in [4.78, 5) is 9.05. The van der Waals surface area contributed by atoms with Crippen molar-refractivity contribution in [1.29, 1.82) is 0 Å². The Bertz CT molecular complexity index is 523. The van der Waals surface area contributed by atoms with Crippen molar-refractivity contribution in [3.8, 4) is 0 Å².